The lowest BCUT2D eigenvalue weighted by Gasteiger charge is -2.09. The summed E-state index contributed by atoms with van der Waals surface area (Å²) < 4.78 is 1.87. The van der Waals surface area contributed by atoms with Crippen molar-refractivity contribution in [2.45, 2.75) is 20.1 Å². The van der Waals surface area contributed by atoms with Crippen molar-refractivity contribution < 1.29 is 10.2 Å². The van der Waals surface area contributed by atoms with Crippen molar-refractivity contribution in [3.05, 3.63) is 30.0 Å². The van der Waals surface area contributed by atoms with Crippen LogP contribution < -0.4 is 0 Å². The molecule has 0 fully saturated rings. The number of rotatable bonds is 4. The Morgan fingerprint density at radius 1 is 1.38 bits per heavy atom. The van der Waals surface area contributed by atoms with E-state index >= 15 is 0 Å². The van der Waals surface area contributed by atoms with Gasteiger partial charge in [0.05, 0.1) is 18.3 Å². The number of aliphatic hydroxyl groups excluding tert-OH is 2. The third-order valence-corrected chi connectivity index (χ3v) is 2.69. The number of aromatic nitrogens is 2. The van der Waals surface area contributed by atoms with Crippen LogP contribution >= 0.6 is 0 Å². The van der Waals surface area contributed by atoms with Crippen LogP contribution in [-0.4, -0.2) is 26.6 Å². The normalized spacial score (nSPS) is 13.2. The zero-order chi connectivity index (χ0) is 11.5. The van der Waals surface area contributed by atoms with Crippen LogP contribution in [0.25, 0.3) is 10.9 Å². The Hall–Kier alpha value is -1.39. The second kappa shape index (κ2) is 4.63. The van der Waals surface area contributed by atoms with Crippen molar-refractivity contribution in [1.82, 2.24) is 9.78 Å². The maximum Gasteiger partial charge on any atom is 0.0686 e. The summed E-state index contributed by atoms with van der Waals surface area (Å²) in [5, 5.41) is 23.4. The number of hydrogen-bond donors (Lipinski definition) is 2. The van der Waals surface area contributed by atoms with Crippen LogP contribution in [0.1, 0.15) is 12.5 Å². The zero-order valence-corrected chi connectivity index (χ0v) is 9.30. The molecule has 2 aromatic rings. The van der Waals surface area contributed by atoms with Crippen LogP contribution in [0.2, 0.25) is 0 Å². The molecule has 2 rings (SSSR count). The van der Waals surface area contributed by atoms with Crippen LogP contribution in [-0.2, 0) is 13.2 Å². The van der Waals surface area contributed by atoms with E-state index in [9.17, 15) is 0 Å². The number of fused-ring (bicyclic) bond motifs is 1. The van der Waals surface area contributed by atoms with Gasteiger partial charge in [-0.15, -0.1) is 0 Å². The van der Waals surface area contributed by atoms with Crippen LogP contribution in [0.4, 0.5) is 0 Å². The molecular formula is C12H16N2O2. The SMILES string of the molecule is C[C@H](CO)Cn1ncc2ccc(CO)cc21. The predicted octanol–water partition coefficient (Wildman–Crippen LogP) is 1.16. The summed E-state index contributed by atoms with van der Waals surface area (Å²) in [5.41, 5.74) is 1.89. The van der Waals surface area contributed by atoms with Gasteiger partial charge in [0.2, 0.25) is 0 Å². The van der Waals surface area contributed by atoms with Gasteiger partial charge in [0.15, 0.2) is 0 Å². The molecule has 0 saturated heterocycles. The monoisotopic (exact) mass is 220 g/mol. The molecule has 4 nitrogen and oxygen atoms in total. The van der Waals surface area contributed by atoms with E-state index in [1.165, 1.54) is 0 Å². The van der Waals surface area contributed by atoms with Gasteiger partial charge in [0.1, 0.15) is 0 Å². The Kier molecular flexibility index (Phi) is 3.22. The Balaban J connectivity index is 2.38. The van der Waals surface area contributed by atoms with Crippen molar-refractivity contribution in [3.8, 4) is 0 Å². The molecule has 0 bridgehead atoms. The van der Waals surface area contributed by atoms with Gasteiger partial charge < -0.3 is 10.2 Å². The van der Waals surface area contributed by atoms with Gasteiger partial charge in [-0.2, -0.15) is 5.10 Å². The van der Waals surface area contributed by atoms with Crippen molar-refractivity contribution in [3.63, 3.8) is 0 Å². The quantitative estimate of drug-likeness (QED) is 0.812. The fraction of sp³-hybridized carbons (Fsp3) is 0.417. The van der Waals surface area contributed by atoms with E-state index in [2.05, 4.69) is 5.10 Å². The van der Waals surface area contributed by atoms with E-state index in [1.807, 2.05) is 29.8 Å². The first-order chi connectivity index (χ1) is 7.74. The van der Waals surface area contributed by atoms with E-state index in [0.717, 1.165) is 16.5 Å². The van der Waals surface area contributed by atoms with Gasteiger partial charge in [-0.3, -0.25) is 4.68 Å². The third-order valence-electron chi connectivity index (χ3n) is 2.69. The third kappa shape index (κ3) is 2.08. The number of nitrogens with zero attached hydrogens (tertiary/aromatic N) is 2. The summed E-state index contributed by atoms with van der Waals surface area (Å²) in [5.74, 6) is 0.181. The molecule has 0 spiro atoms. The van der Waals surface area contributed by atoms with Gasteiger partial charge in [-0.05, 0) is 17.5 Å². The number of hydrogen-bond acceptors (Lipinski definition) is 3. The standard InChI is InChI=1S/C12H16N2O2/c1-9(7-15)6-14-12-4-10(8-16)2-3-11(12)5-13-14/h2-5,9,15-16H,6-8H2,1H3/t9-/m0/s1. The first-order valence-corrected chi connectivity index (χ1v) is 5.40. The highest BCUT2D eigenvalue weighted by Crippen LogP contribution is 2.17. The lowest BCUT2D eigenvalue weighted by molar-refractivity contribution is 0.220. The van der Waals surface area contributed by atoms with Crippen LogP contribution in [0.15, 0.2) is 24.4 Å². The van der Waals surface area contributed by atoms with Gasteiger partial charge in [-0.25, -0.2) is 0 Å². The summed E-state index contributed by atoms with van der Waals surface area (Å²) in [7, 11) is 0. The highest BCUT2D eigenvalue weighted by Gasteiger charge is 2.07. The second-order valence-corrected chi connectivity index (χ2v) is 4.17. The maximum atomic E-state index is 9.08. The molecule has 1 aromatic heterocycles. The molecule has 4 heteroatoms. The topological polar surface area (TPSA) is 58.3 Å². The molecule has 0 amide bonds. The molecule has 0 aliphatic rings. The average Bonchev–Trinajstić information content (AvgIpc) is 2.71. The van der Waals surface area contributed by atoms with Gasteiger partial charge >= 0.3 is 0 Å². The van der Waals surface area contributed by atoms with E-state index in [1.54, 1.807) is 6.20 Å². The van der Waals surface area contributed by atoms with E-state index in [4.69, 9.17) is 10.2 Å². The summed E-state index contributed by atoms with van der Waals surface area (Å²) in [6.45, 7) is 2.86. The highest BCUT2D eigenvalue weighted by molar-refractivity contribution is 5.79. The Bertz CT molecular complexity index is 479. The average molecular weight is 220 g/mol. The smallest absolute Gasteiger partial charge is 0.0686 e. The molecule has 0 aliphatic heterocycles. The molecule has 2 N–H and O–H groups in total. The minimum absolute atomic E-state index is 0.0384. The van der Waals surface area contributed by atoms with Gasteiger partial charge in [-0.1, -0.05) is 19.1 Å². The first-order valence-electron chi connectivity index (χ1n) is 5.40. The maximum absolute atomic E-state index is 9.08. The van der Waals surface area contributed by atoms with Crippen molar-refractivity contribution in [1.29, 1.82) is 0 Å². The molecule has 0 unspecified atom stereocenters. The molecule has 0 aliphatic carbocycles. The van der Waals surface area contributed by atoms with Gasteiger partial charge in [0, 0.05) is 18.5 Å². The lowest BCUT2D eigenvalue weighted by atomic mass is 10.1. The van der Waals surface area contributed by atoms with Crippen molar-refractivity contribution in [2.24, 2.45) is 5.92 Å². The molecule has 0 radical (unpaired) electrons. The molecular weight excluding hydrogens is 204 g/mol. The number of benzene rings is 1. The highest BCUT2D eigenvalue weighted by atomic mass is 16.3. The van der Waals surface area contributed by atoms with E-state index < -0.39 is 0 Å². The predicted molar refractivity (Wildman–Crippen MR) is 61.9 cm³/mol. The molecule has 16 heavy (non-hydrogen) atoms. The molecule has 1 atom stereocenters. The van der Waals surface area contributed by atoms with Crippen molar-refractivity contribution >= 4 is 10.9 Å². The molecule has 1 heterocycles. The van der Waals surface area contributed by atoms with E-state index in [0.29, 0.717) is 6.54 Å². The first kappa shape index (κ1) is 11.1. The van der Waals surface area contributed by atoms with Gasteiger partial charge in [0.25, 0.3) is 0 Å². The Morgan fingerprint density at radius 2 is 2.19 bits per heavy atom. The summed E-state index contributed by atoms with van der Waals surface area (Å²) in [6, 6.07) is 5.78. The second-order valence-electron chi connectivity index (χ2n) is 4.17. The fourth-order valence-corrected chi connectivity index (χ4v) is 1.71. The number of aliphatic hydroxyl groups is 2. The van der Waals surface area contributed by atoms with Crippen LogP contribution in [0.3, 0.4) is 0 Å². The van der Waals surface area contributed by atoms with E-state index in [-0.39, 0.29) is 19.1 Å². The lowest BCUT2D eigenvalue weighted by Crippen LogP contribution is -2.12. The van der Waals surface area contributed by atoms with Crippen LogP contribution in [0, 0.1) is 5.92 Å². The summed E-state index contributed by atoms with van der Waals surface area (Å²) in [6.07, 6.45) is 1.81. The summed E-state index contributed by atoms with van der Waals surface area (Å²) in [4.78, 5) is 0. The van der Waals surface area contributed by atoms with Crippen LogP contribution in [0.5, 0.6) is 0 Å². The Labute approximate surface area is 94.1 Å². The Morgan fingerprint density at radius 3 is 2.88 bits per heavy atom. The molecule has 1 aromatic carbocycles. The fourth-order valence-electron chi connectivity index (χ4n) is 1.71. The minimum atomic E-state index is 0.0384. The minimum Gasteiger partial charge on any atom is -0.396 e. The largest absolute Gasteiger partial charge is 0.396 e. The molecule has 86 valence electrons. The van der Waals surface area contributed by atoms with Crippen molar-refractivity contribution in [2.75, 3.05) is 6.61 Å². The molecule has 0 saturated carbocycles. The zero-order valence-electron chi connectivity index (χ0n) is 9.30. The summed E-state index contributed by atoms with van der Waals surface area (Å²) >= 11 is 0.